The minimum absolute atomic E-state index is 0.0142. The Morgan fingerprint density at radius 3 is 2.61 bits per heavy atom. The number of ether oxygens (including phenoxy) is 3. The fourth-order valence-corrected chi connectivity index (χ4v) is 3.29. The van der Waals surface area contributed by atoms with E-state index in [9.17, 15) is 40.2 Å². The van der Waals surface area contributed by atoms with Crippen molar-refractivity contribution in [3.63, 3.8) is 0 Å². The fourth-order valence-electron chi connectivity index (χ4n) is 3.29. The molecule has 170 valence electrons. The average Bonchev–Trinajstić information content (AvgIpc) is 2.76. The van der Waals surface area contributed by atoms with Crippen LogP contribution in [-0.4, -0.2) is 85.3 Å². The van der Waals surface area contributed by atoms with Gasteiger partial charge in [-0.1, -0.05) is 18.2 Å². The van der Waals surface area contributed by atoms with Crippen LogP contribution in [0.5, 0.6) is 11.5 Å². The summed E-state index contributed by atoms with van der Waals surface area (Å²) in [6, 6.07) is 4.07. The second-order valence-electron chi connectivity index (χ2n) is 7.29. The summed E-state index contributed by atoms with van der Waals surface area (Å²) in [6.45, 7) is -1.18. The Morgan fingerprint density at radius 2 is 1.94 bits per heavy atom. The number of rotatable bonds is 6. The van der Waals surface area contributed by atoms with Gasteiger partial charge in [0.2, 0.25) is 11.9 Å². The third-order valence-corrected chi connectivity index (χ3v) is 5.15. The van der Waals surface area contributed by atoms with Gasteiger partial charge >= 0.3 is 5.97 Å². The molecule has 0 amide bonds. The molecular formula is C20H24O11. The number of aliphatic hydroxyl groups is 5. The van der Waals surface area contributed by atoms with Crippen LogP contribution < -0.4 is 4.74 Å². The van der Waals surface area contributed by atoms with Crippen molar-refractivity contribution in [3.8, 4) is 11.5 Å². The molecular weight excluding hydrogens is 416 g/mol. The number of phenols is 1. The Kier molecular flexibility index (Phi) is 6.94. The lowest BCUT2D eigenvalue weighted by molar-refractivity contribution is -0.277. The second kappa shape index (κ2) is 9.30. The summed E-state index contributed by atoms with van der Waals surface area (Å²) in [5.41, 5.74) is -2.30. The number of aromatic hydroxyl groups is 1. The van der Waals surface area contributed by atoms with E-state index in [0.717, 1.165) is 6.08 Å². The van der Waals surface area contributed by atoms with Crippen LogP contribution >= 0.6 is 0 Å². The molecule has 6 N–H and O–H groups in total. The molecule has 0 bridgehead atoms. The molecule has 1 aliphatic heterocycles. The van der Waals surface area contributed by atoms with Crippen LogP contribution in [0.15, 0.2) is 30.4 Å². The van der Waals surface area contributed by atoms with Gasteiger partial charge in [-0.3, -0.25) is 4.79 Å². The second-order valence-corrected chi connectivity index (χ2v) is 7.29. The quantitative estimate of drug-likeness (QED) is 0.168. The monoisotopic (exact) mass is 440 g/mol. The maximum atomic E-state index is 12.3. The number of allylic oxidation sites excluding steroid dienone is 1. The number of hydrogen-bond acceptors (Lipinski definition) is 11. The van der Waals surface area contributed by atoms with Crippen molar-refractivity contribution < 1.29 is 54.4 Å². The van der Waals surface area contributed by atoms with Gasteiger partial charge in [-0.2, -0.15) is 0 Å². The Labute approximate surface area is 176 Å². The Hall–Kier alpha value is -2.54. The average molecular weight is 440 g/mol. The van der Waals surface area contributed by atoms with Crippen LogP contribution in [0.25, 0.3) is 0 Å². The number of hydrogen-bond donors (Lipinski definition) is 6. The highest BCUT2D eigenvalue weighted by Crippen LogP contribution is 2.34. The zero-order valence-electron chi connectivity index (χ0n) is 16.3. The first-order chi connectivity index (χ1) is 14.7. The molecule has 3 rings (SSSR count). The van der Waals surface area contributed by atoms with Crippen LogP contribution in [0, 0.1) is 0 Å². The lowest BCUT2D eigenvalue weighted by Gasteiger charge is -2.39. The zero-order chi connectivity index (χ0) is 22.8. The first-order valence-electron chi connectivity index (χ1n) is 9.57. The largest absolute Gasteiger partial charge is 0.504 e. The molecule has 1 aliphatic carbocycles. The van der Waals surface area contributed by atoms with Crippen LogP contribution in [0.2, 0.25) is 0 Å². The molecule has 31 heavy (non-hydrogen) atoms. The third-order valence-electron chi connectivity index (χ3n) is 5.15. The van der Waals surface area contributed by atoms with Crippen molar-refractivity contribution in [1.82, 2.24) is 0 Å². The number of carbonyl (C=O) groups excluding carboxylic acids is 2. The van der Waals surface area contributed by atoms with Crippen molar-refractivity contribution in [2.24, 2.45) is 0 Å². The molecule has 11 heteroatoms. The highest BCUT2D eigenvalue weighted by molar-refractivity contribution is 6.09. The Balaban J connectivity index is 1.76. The van der Waals surface area contributed by atoms with E-state index in [1.807, 2.05) is 0 Å². The number of benzene rings is 1. The van der Waals surface area contributed by atoms with Gasteiger partial charge in [-0.05, 0) is 18.6 Å². The van der Waals surface area contributed by atoms with E-state index in [1.165, 1.54) is 24.3 Å². The number of ketones is 1. The molecule has 0 saturated carbocycles. The van der Waals surface area contributed by atoms with Crippen molar-refractivity contribution in [2.75, 3.05) is 6.61 Å². The number of aliphatic hydroxyl groups excluding tert-OH is 4. The van der Waals surface area contributed by atoms with E-state index in [0.29, 0.717) is 6.42 Å². The van der Waals surface area contributed by atoms with Crippen molar-refractivity contribution in [2.45, 2.75) is 55.8 Å². The van der Waals surface area contributed by atoms with Crippen molar-refractivity contribution in [1.29, 1.82) is 0 Å². The lowest BCUT2D eigenvalue weighted by Crippen LogP contribution is -2.60. The van der Waals surface area contributed by atoms with E-state index in [4.69, 9.17) is 14.2 Å². The van der Waals surface area contributed by atoms with E-state index >= 15 is 0 Å². The van der Waals surface area contributed by atoms with E-state index in [-0.39, 0.29) is 17.7 Å². The molecule has 11 nitrogen and oxygen atoms in total. The third kappa shape index (κ3) is 4.56. The highest BCUT2D eigenvalue weighted by Gasteiger charge is 2.46. The molecule has 1 aromatic rings. The van der Waals surface area contributed by atoms with Crippen LogP contribution in [0.4, 0.5) is 0 Å². The number of carbonyl (C=O) groups is 2. The van der Waals surface area contributed by atoms with E-state index in [2.05, 4.69) is 0 Å². The van der Waals surface area contributed by atoms with Gasteiger partial charge in [0.1, 0.15) is 31.0 Å². The fraction of sp³-hybridized carbons (Fsp3) is 0.500. The number of esters is 1. The summed E-state index contributed by atoms with van der Waals surface area (Å²) >= 11 is 0. The van der Waals surface area contributed by atoms with E-state index in [1.54, 1.807) is 0 Å². The number of para-hydroxylation sites is 1. The van der Waals surface area contributed by atoms with Gasteiger partial charge in [-0.15, -0.1) is 0 Å². The van der Waals surface area contributed by atoms with Gasteiger partial charge in [0.15, 0.2) is 17.3 Å². The Bertz CT molecular complexity index is 852. The molecule has 2 aliphatic rings. The minimum atomic E-state index is -2.40. The number of phenolic OH excluding ortho intramolecular Hbond substituents is 1. The van der Waals surface area contributed by atoms with Crippen LogP contribution in [0.1, 0.15) is 18.4 Å². The maximum absolute atomic E-state index is 12.3. The first kappa shape index (κ1) is 23.1. The SMILES string of the molecule is O=C1CCC=C[C@]1(O)C(=O)OCc1cccc(O)c1O[C@@H]1O[C@@H](CO)[C@@H](O)[C@@H](O)[C@H]1O. The number of Topliss-reactive ketones (excluding diaryl/α,β-unsaturated/α-hetero) is 1. The molecule has 0 aromatic heterocycles. The normalized spacial score (nSPS) is 33.2. The predicted octanol–water partition coefficient (Wildman–Crippen LogP) is -1.74. The van der Waals surface area contributed by atoms with Crippen molar-refractivity contribution in [3.05, 3.63) is 35.9 Å². The molecule has 1 saturated heterocycles. The summed E-state index contributed by atoms with van der Waals surface area (Å²) in [6.07, 6.45) is -4.87. The topological polar surface area (TPSA) is 183 Å². The van der Waals surface area contributed by atoms with E-state index < -0.39 is 67.0 Å². The Morgan fingerprint density at radius 1 is 1.19 bits per heavy atom. The maximum Gasteiger partial charge on any atom is 0.350 e. The highest BCUT2D eigenvalue weighted by atomic mass is 16.7. The smallest absolute Gasteiger partial charge is 0.350 e. The van der Waals surface area contributed by atoms with Crippen LogP contribution in [-0.2, 0) is 25.7 Å². The standard InChI is InChI=1S/C20H24O11/c21-8-12-14(24)15(25)16(26)18(30-12)31-17-10(4-3-5-11(17)22)9-29-19(27)20(28)7-2-1-6-13(20)23/h2-5,7,12,14-16,18,21-22,24-26,28H,1,6,8-9H2/t12-,14+,15+,16+,18-,20+/m0/s1. The van der Waals surface area contributed by atoms with Gasteiger partial charge in [0.25, 0.3) is 0 Å². The molecule has 0 radical (unpaired) electrons. The van der Waals surface area contributed by atoms with Gasteiger partial charge in [-0.25, -0.2) is 4.79 Å². The van der Waals surface area contributed by atoms with Crippen LogP contribution in [0.3, 0.4) is 0 Å². The van der Waals surface area contributed by atoms with Crippen molar-refractivity contribution >= 4 is 11.8 Å². The first-order valence-corrected chi connectivity index (χ1v) is 9.57. The predicted molar refractivity (Wildman–Crippen MR) is 101 cm³/mol. The molecule has 6 atom stereocenters. The summed E-state index contributed by atoms with van der Waals surface area (Å²) < 4.78 is 15.8. The van der Waals surface area contributed by atoms with Gasteiger partial charge in [0.05, 0.1) is 6.61 Å². The zero-order valence-corrected chi connectivity index (χ0v) is 16.3. The summed E-state index contributed by atoms with van der Waals surface area (Å²) in [5, 5.41) is 59.6. The molecule has 1 aromatic carbocycles. The summed E-state index contributed by atoms with van der Waals surface area (Å²) in [5.74, 6) is -2.58. The molecule has 1 heterocycles. The van der Waals surface area contributed by atoms with Gasteiger partial charge in [0, 0.05) is 12.0 Å². The summed E-state index contributed by atoms with van der Waals surface area (Å²) in [7, 11) is 0. The summed E-state index contributed by atoms with van der Waals surface area (Å²) in [4.78, 5) is 24.2. The van der Waals surface area contributed by atoms with Gasteiger partial charge < -0.3 is 44.8 Å². The molecule has 0 unspecified atom stereocenters. The molecule has 0 spiro atoms. The minimum Gasteiger partial charge on any atom is -0.504 e. The lowest BCUT2D eigenvalue weighted by atomic mass is 9.90. The molecule has 1 fully saturated rings.